The van der Waals surface area contributed by atoms with Crippen molar-refractivity contribution in [2.75, 3.05) is 11.3 Å². The van der Waals surface area contributed by atoms with Crippen molar-refractivity contribution in [2.24, 2.45) is 0 Å². The van der Waals surface area contributed by atoms with Crippen LogP contribution in [0.15, 0.2) is 102 Å². The Hall–Kier alpha value is -4.29. The standard InChI is InChI=1S/C32H25FN2O3S2/c1-22-5-15-28(16-6-22)40(37,38)35-27-13-9-23(10-14-27)30-29(4-2-3-21-36)39-32(25-7-11-26(33)12-8-25)31(30)24-17-19-34-20-18-24/h5-20,35-36H,3,21H2,1H3. The predicted molar refractivity (Wildman–Crippen MR) is 159 cm³/mol. The lowest BCUT2D eigenvalue weighted by atomic mass is 9.93. The monoisotopic (exact) mass is 568 g/mol. The molecular weight excluding hydrogens is 543 g/mol. The van der Waals surface area contributed by atoms with Gasteiger partial charge in [-0.05, 0) is 72.1 Å². The molecule has 0 aliphatic rings. The van der Waals surface area contributed by atoms with E-state index >= 15 is 0 Å². The molecule has 0 saturated carbocycles. The van der Waals surface area contributed by atoms with E-state index in [1.807, 2.05) is 31.2 Å². The molecule has 0 aliphatic heterocycles. The lowest BCUT2D eigenvalue weighted by Crippen LogP contribution is -2.12. The molecular formula is C32H25FN2O3S2. The fourth-order valence-corrected chi connectivity index (χ4v) is 6.51. The lowest BCUT2D eigenvalue weighted by Gasteiger charge is -2.11. The first-order chi connectivity index (χ1) is 19.4. The summed E-state index contributed by atoms with van der Waals surface area (Å²) in [5, 5.41) is 9.29. The molecule has 40 heavy (non-hydrogen) atoms. The quantitative estimate of drug-likeness (QED) is 0.205. The molecule has 0 unspecified atom stereocenters. The number of thiophene rings is 1. The number of nitrogens with one attached hydrogen (secondary N) is 1. The van der Waals surface area contributed by atoms with E-state index in [1.165, 1.54) is 23.5 Å². The van der Waals surface area contributed by atoms with Crippen molar-refractivity contribution >= 4 is 27.0 Å². The fourth-order valence-electron chi connectivity index (χ4n) is 4.23. The number of rotatable bonds is 7. The Kier molecular flexibility index (Phi) is 8.08. The van der Waals surface area contributed by atoms with E-state index in [1.54, 1.807) is 60.9 Å². The molecule has 2 N–H and O–H groups in total. The third-order valence-corrected chi connectivity index (χ3v) is 8.73. The van der Waals surface area contributed by atoms with Crippen molar-refractivity contribution in [3.63, 3.8) is 0 Å². The number of hydrogen-bond acceptors (Lipinski definition) is 5. The summed E-state index contributed by atoms with van der Waals surface area (Å²) < 4.78 is 42.2. The number of anilines is 1. The van der Waals surface area contributed by atoms with Crippen molar-refractivity contribution in [3.8, 4) is 44.5 Å². The summed E-state index contributed by atoms with van der Waals surface area (Å²) in [7, 11) is -3.75. The maximum absolute atomic E-state index is 13.8. The van der Waals surface area contributed by atoms with Crippen LogP contribution in [0.5, 0.6) is 0 Å². The number of aliphatic hydroxyl groups is 1. The summed E-state index contributed by atoms with van der Waals surface area (Å²) in [6, 6.07) is 24.0. The zero-order chi connectivity index (χ0) is 28.1. The second-order valence-corrected chi connectivity index (χ2v) is 11.7. The van der Waals surface area contributed by atoms with E-state index in [4.69, 9.17) is 0 Å². The number of pyridine rings is 1. The molecule has 0 bridgehead atoms. The van der Waals surface area contributed by atoms with Crippen LogP contribution < -0.4 is 4.72 Å². The Labute approximate surface area is 237 Å². The van der Waals surface area contributed by atoms with Crippen LogP contribution in [0.25, 0.3) is 32.7 Å². The summed E-state index contributed by atoms with van der Waals surface area (Å²) in [5.74, 6) is 5.91. The molecule has 2 aromatic heterocycles. The molecule has 0 atom stereocenters. The molecule has 5 nitrogen and oxygen atoms in total. The van der Waals surface area contributed by atoms with Crippen LogP contribution in [0.4, 0.5) is 10.1 Å². The van der Waals surface area contributed by atoms with Gasteiger partial charge < -0.3 is 5.11 Å². The van der Waals surface area contributed by atoms with E-state index in [2.05, 4.69) is 21.5 Å². The normalized spacial score (nSPS) is 11.1. The molecule has 0 amide bonds. The van der Waals surface area contributed by atoms with Gasteiger partial charge in [0.05, 0.1) is 16.4 Å². The fraction of sp³-hybridized carbons (Fsp3) is 0.0938. The van der Waals surface area contributed by atoms with Crippen LogP contribution in [0.3, 0.4) is 0 Å². The molecule has 5 aromatic rings. The summed E-state index contributed by atoms with van der Waals surface area (Å²) >= 11 is 1.49. The first-order valence-corrected chi connectivity index (χ1v) is 14.8. The Balaban J connectivity index is 1.62. The van der Waals surface area contributed by atoms with Crippen molar-refractivity contribution in [3.05, 3.63) is 114 Å². The van der Waals surface area contributed by atoms with E-state index < -0.39 is 10.0 Å². The summed E-state index contributed by atoms with van der Waals surface area (Å²) in [4.78, 5) is 6.05. The molecule has 0 saturated heterocycles. The Morgan fingerprint density at radius 2 is 1.48 bits per heavy atom. The molecule has 0 aliphatic carbocycles. The van der Waals surface area contributed by atoms with Gasteiger partial charge in [-0.15, -0.1) is 11.3 Å². The van der Waals surface area contributed by atoms with Gasteiger partial charge in [0.15, 0.2) is 0 Å². The molecule has 2 heterocycles. The second-order valence-electron chi connectivity index (χ2n) is 9.02. The maximum atomic E-state index is 13.8. The number of aliphatic hydroxyl groups excluding tert-OH is 1. The minimum Gasteiger partial charge on any atom is -0.395 e. The number of benzene rings is 3. The summed E-state index contributed by atoms with van der Waals surface area (Å²) in [5.41, 5.74) is 5.79. The highest BCUT2D eigenvalue weighted by Crippen LogP contribution is 2.48. The van der Waals surface area contributed by atoms with Crippen molar-refractivity contribution < 1.29 is 17.9 Å². The second kappa shape index (κ2) is 11.8. The first-order valence-electron chi connectivity index (χ1n) is 12.5. The van der Waals surface area contributed by atoms with Gasteiger partial charge in [-0.3, -0.25) is 9.71 Å². The molecule has 3 aromatic carbocycles. The van der Waals surface area contributed by atoms with E-state index in [9.17, 15) is 17.9 Å². The molecule has 0 fully saturated rings. The van der Waals surface area contributed by atoms with Crippen molar-refractivity contribution in [1.29, 1.82) is 0 Å². The van der Waals surface area contributed by atoms with Crippen LogP contribution in [0.1, 0.15) is 16.9 Å². The number of sulfonamides is 1. The van der Waals surface area contributed by atoms with Crippen LogP contribution in [0, 0.1) is 24.6 Å². The van der Waals surface area contributed by atoms with Gasteiger partial charge in [0.25, 0.3) is 10.0 Å². The third-order valence-electron chi connectivity index (χ3n) is 6.18. The summed E-state index contributed by atoms with van der Waals surface area (Å²) in [6.07, 6.45) is 3.75. The number of aromatic nitrogens is 1. The van der Waals surface area contributed by atoms with Crippen LogP contribution >= 0.6 is 11.3 Å². The average Bonchev–Trinajstić information content (AvgIpc) is 3.34. The molecule has 0 radical (unpaired) electrons. The van der Waals surface area contributed by atoms with Gasteiger partial charge in [-0.2, -0.15) is 0 Å². The smallest absolute Gasteiger partial charge is 0.261 e. The molecule has 200 valence electrons. The number of aryl methyl sites for hydroxylation is 1. The van der Waals surface area contributed by atoms with Crippen LogP contribution in [0.2, 0.25) is 0 Å². The third kappa shape index (κ3) is 5.97. The van der Waals surface area contributed by atoms with E-state index in [-0.39, 0.29) is 17.3 Å². The number of halogens is 1. The average molecular weight is 569 g/mol. The Morgan fingerprint density at radius 1 is 0.850 bits per heavy atom. The highest BCUT2D eigenvalue weighted by atomic mass is 32.2. The van der Waals surface area contributed by atoms with E-state index in [0.29, 0.717) is 12.1 Å². The minimum atomic E-state index is -3.75. The van der Waals surface area contributed by atoms with Gasteiger partial charge in [-0.1, -0.05) is 53.8 Å². The van der Waals surface area contributed by atoms with E-state index in [0.717, 1.165) is 43.1 Å². The predicted octanol–water partition coefficient (Wildman–Crippen LogP) is 7.13. The van der Waals surface area contributed by atoms with Gasteiger partial charge in [0.1, 0.15) is 5.82 Å². The van der Waals surface area contributed by atoms with Gasteiger partial charge in [-0.25, -0.2) is 12.8 Å². The first kappa shape index (κ1) is 27.3. The highest BCUT2D eigenvalue weighted by molar-refractivity contribution is 7.92. The van der Waals surface area contributed by atoms with Crippen LogP contribution in [-0.2, 0) is 10.0 Å². The zero-order valence-corrected chi connectivity index (χ0v) is 23.2. The SMILES string of the molecule is Cc1ccc(S(=O)(=O)Nc2ccc(-c3c(C#CCCO)sc(-c4ccc(F)cc4)c3-c3ccncc3)cc2)cc1. The Bertz CT molecular complexity index is 1790. The lowest BCUT2D eigenvalue weighted by molar-refractivity contribution is 0.305. The minimum absolute atomic E-state index is 0.0500. The van der Waals surface area contributed by atoms with Crippen molar-refractivity contribution in [1.82, 2.24) is 4.98 Å². The Morgan fingerprint density at radius 3 is 2.12 bits per heavy atom. The maximum Gasteiger partial charge on any atom is 0.261 e. The molecule has 5 rings (SSSR count). The summed E-state index contributed by atoms with van der Waals surface area (Å²) in [6.45, 7) is 1.85. The molecule has 0 spiro atoms. The zero-order valence-electron chi connectivity index (χ0n) is 21.6. The topological polar surface area (TPSA) is 79.3 Å². The van der Waals surface area contributed by atoms with Gasteiger partial charge in [0.2, 0.25) is 0 Å². The largest absolute Gasteiger partial charge is 0.395 e. The van der Waals surface area contributed by atoms with Gasteiger partial charge in [0, 0.05) is 40.5 Å². The van der Waals surface area contributed by atoms with Crippen LogP contribution in [-0.4, -0.2) is 25.1 Å². The van der Waals surface area contributed by atoms with Gasteiger partial charge >= 0.3 is 0 Å². The number of hydrogen-bond donors (Lipinski definition) is 2. The van der Waals surface area contributed by atoms with Crippen molar-refractivity contribution in [2.45, 2.75) is 18.2 Å². The molecule has 8 heteroatoms. The highest BCUT2D eigenvalue weighted by Gasteiger charge is 2.22. The number of nitrogens with zero attached hydrogens (tertiary/aromatic N) is 1.